The van der Waals surface area contributed by atoms with Crippen molar-refractivity contribution in [1.82, 2.24) is 9.97 Å². The molecular formula is C18H19N5O. The van der Waals surface area contributed by atoms with Crippen molar-refractivity contribution in [3.05, 3.63) is 48.5 Å². The largest absolute Gasteiger partial charge is 0.370 e. The van der Waals surface area contributed by atoms with Gasteiger partial charge in [-0.2, -0.15) is 4.98 Å². The van der Waals surface area contributed by atoms with Gasteiger partial charge in [0, 0.05) is 30.2 Å². The Labute approximate surface area is 140 Å². The normalized spacial score (nSPS) is 10.4. The number of nitrogens with zero attached hydrogens (tertiary/aromatic N) is 2. The Kier molecular flexibility index (Phi) is 4.56. The Hall–Kier alpha value is -3.15. The van der Waals surface area contributed by atoms with Gasteiger partial charge in [0.2, 0.25) is 11.9 Å². The number of benzene rings is 2. The number of para-hydroxylation sites is 1. The fraction of sp³-hybridized carbons (Fsp3) is 0.167. The molecule has 0 spiro atoms. The number of amides is 1. The molecule has 24 heavy (non-hydrogen) atoms. The monoisotopic (exact) mass is 321 g/mol. The third-order valence-electron chi connectivity index (χ3n) is 3.39. The first-order chi connectivity index (χ1) is 11.7. The lowest BCUT2D eigenvalue weighted by atomic mass is 10.2. The van der Waals surface area contributed by atoms with Crippen LogP contribution in [0.3, 0.4) is 0 Å². The van der Waals surface area contributed by atoms with E-state index in [0.717, 1.165) is 34.6 Å². The van der Waals surface area contributed by atoms with E-state index in [0.29, 0.717) is 5.95 Å². The van der Waals surface area contributed by atoms with Crippen LogP contribution < -0.4 is 16.0 Å². The maximum Gasteiger partial charge on any atom is 0.229 e. The van der Waals surface area contributed by atoms with E-state index in [1.807, 2.05) is 55.5 Å². The molecule has 0 fully saturated rings. The van der Waals surface area contributed by atoms with E-state index in [9.17, 15) is 4.79 Å². The zero-order valence-corrected chi connectivity index (χ0v) is 13.6. The second-order valence-corrected chi connectivity index (χ2v) is 5.33. The van der Waals surface area contributed by atoms with Crippen LogP contribution in [0, 0.1) is 0 Å². The highest BCUT2D eigenvalue weighted by Crippen LogP contribution is 2.24. The van der Waals surface area contributed by atoms with E-state index in [1.54, 1.807) is 0 Å². The van der Waals surface area contributed by atoms with Crippen LogP contribution in [0.5, 0.6) is 0 Å². The first-order valence-corrected chi connectivity index (χ1v) is 7.81. The van der Waals surface area contributed by atoms with E-state index in [1.165, 1.54) is 6.92 Å². The average molecular weight is 321 g/mol. The second kappa shape index (κ2) is 6.95. The van der Waals surface area contributed by atoms with Crippen molar-refractivity contribution in [3.8, 4) is 0 Å². The zero-order chi connectivity index (χ0) is 16.9. The van der Waals surface area contributed by atoms with E-state index < -0.39 is 0 Å². The zero-order valence-electron chi connectivity index (χ0n) is 13.6. The first kappa shape index (κ1) is 15.7. The third-order valence-corrected chi connectivity index (χ3v) is 3.39. The lowest BCUT2D eigenvalue weighted by molar-refractivity contribution is -0.114. The van der Waals surface area contributed by atoms with Gasteiger partial charge in [0.05, 0.1) is 5.52 Å². The van der Waals surface area contributed by atoms with Crippen LogP contribution in [0.25, 0.3) is 10.9 Å². The Balaban J connectivity index is 1.93. The maximum absolute atomic E-state index is 11.2. The molecule has 3 N–H and O–H groups in total. The molecule has 6 nitrogen and oxygen atoms in total. The molecule has 0 aliphatic carbocycles. The number of carbonyl (C=O) groups excluding carboxylic acids is 1. The maximum atomic E-state index is 11.2. The molecule has 2 aromatic carbocycles. The minimum atomic E-state index is -0.108. The molecule has 0 aliphatic heterocycles. The fourth-order valence-corrected chi connectivity index (χ4v) is 2.44. The van der Waals surface area contributed by atoms with Crippen molar-refractivity contribution in [2.24, 2.45) is 0 Å². The summed E-state index contributed by atoms with van der Waals surface area (Å²) < 4.78 is 0. The number of anilines is 4. The lowest BCUT2D eigenvalue weighted by Crippen LogP contribution is -2.07. The van der Waals surface area contributed by atoms with Crippen LogP contribution in [-0.4, -0.2) is 22.4 Å². The van der Waals surface area contributed by atoms with Gasteiger partial charge in [0.1, 0.15) is 5.82 Å². The predicted octanol–water partition coefficient (Wildman–Crippen LogP) is 3.76. The molecule has 0 bridgehead atoms. The molecule has 0 atom stereocenters. The van der Waals surface area contributed by atoms with Gasteiger partial charge in [-0.25, -0.2) is 4.98 Å². The molecule has 1 aromatic heterocycles. The average Bonchev–Trinajstić information content (AvgIpc) is 2.55. The van der Waals surface area contributed by atoms with Crippen LogP contribution in [-0.2, 0) is 4.79 Å². The summed E-state index contributed by atoms with van der Waals surface area (Å²) in [6.45, 7) is 4.29. The summed E-state index contributed by atoms with van der Waals surface area (Å²) in [7, 11) is 0. The highest BCUT2D eigenvalue weighted by Gasteiger charge is 2.07. The summed E-state index contributed by atoms with van der Waals surface area (Å²) in [6, 6.07) is 15.3. The highest BCUT2D eigenvalue weighted by atomic mass is 16.1. The molecule has 3 rings (SSSR count). The number of carbonyl (C=O) groups is 1. The topological polar surface area (TPSA) is 78.9 Å². The summed E-state index contributed by atoms with van der Waals surface area (Å²) in [5.74, 6) is 1.19. The molecule has 0 radical (unpaired) electrons. The van der Waals surface area contributed by atoms with Gasteiger partial charge in [0.25, 0.3) is 0 Å². The smallest absolute Gasteiger partial charge is 0.229 e. The van der Waals surface area contributed by atoms with Gasteiger partial charge in [-0.1, -0.05) is 18.2 Å². The number of rotatable bonds is 5. The number of hydrogen-bond acceptors (Lipinski definition) is 5. The molecule has 0 unspecified atom stereocenters. The standard InChI is InChI=1S/C18H19N5O/c1-3-19-17-15-9-4-5-10-16(15)22-18(23-17)21-14-8-6-7-13(11-14)20-12(2)24/h4-11H,3H2,1-2H3,(H,20,24)(H2,19,21,22,23). The van der Waals surface area contributed by atoms with Crippen molar-refractivity contribution in [2.45, 2.75) is 13.8 Å². The van der Waals surface area contributed by atoms with Crippen molar-refractivity contribution in [1.29, 1.82) is 0 Å². The van der Waals surface area contributed by atoms with Gasteiger partial charge < -0.3 is 16.0 Å². The van der Waals surface area contributed by atoms with E-state index in [-0.39, 0.29) is 5.91 Å². The van der Waals surface area contributed by atoms with Gasteiger partial charge in [-0.05, 0) is 37.3 Å². The molecule has 122 valence electrons. The summed E-state index contributed by atoms with van der Waals surface area (Å²) in [5, 5.41) is 10.2. The Morgan fingerprint density at radius 3 is 2.62 bits per heavy atom. The van der Waals surface area contributed by atoms with E-state index in [4.69, 9.17) is 0 Å². The summed E-state index contributed by atoms with van der Waals surface area (Å²) in [5.41, 5.74) is 2.39. The lowest BCUT2D eigenvalue weighted by Gasteiger charge is -2.11. The quantitative estimate of drug-likeness (QED) is 0.667. The van der Waals surface area contributed by atoms with Crippen molar-refractivity contribution < 1.29 is 4.79 Å². The minimum Gasteiger partial charge on any atom is -0.370 e. The van der Waals surface area contributed by atoms with Gasteiger partial charge in [0.15, 0.2) is 0 Å². The van der Waals surface area contributed by atoms with Crippen LogP contribution in [0.2, 0.25) is 0 Å². The van der Waals surface area contributed by atoms with Crippen LogP contribution in [0.4, 0.5) is 23.1 Å². The van der Waals surface area contributed by atoms with Crippen molar-refractivity contribution >= 4 is 40.0 Å². The molecule has 0 saturated heterocycles. The third kappa shape index (κ3) is 3.60. The van der Waals surface area contributed by atoms with Crippen LogP contribution >= 0.6 is 0 Å². The molecule has 0 saturated carbocycles. The Morgan fingerprint density at radius 2 is 1.83 bits per heavy atom. The molecule has 6 heteroatoms. The number of aromatic nitrogens is 2. The molecule has 1 heterocycles. The molecular weight excluding hydrogens is 302 g/mol. The van der Waals surface area contributed by atoms with Crippen LogP contribution in [0.15, 0.2) is 48.5 Å². The summed E-state index contributed by atoms with van der Waals surface area (Å²) >= 11 is 0. The minimum absolute atomic E-state index is 0.108. The summed E-state index contributed by atoms with van der Waals surface area (Å²) in [4.78, 5) is 20.3. The van der Waals surface area contributed by atoms with E-state index >= 15 is 0 Å². The van der Waals surface area contributed by atoms with Crippen molar-refractivity contribution in [2.75, 3.05) is 22.5 Å². The second-order valence-electron chi connectivity index (χ2n) is 5.33. The highest BCUT2D eigenvalue weighted by molar-refractivity contribution is 5.91. The fourth-order valence-electron chi connectivity index (χ4n) is 2.44. The Bertz CT molecular complexity index is 878. The molecule has 1 amide bonds. The van der Waals surface area contributed by atoms with Crippen LogP contribution in [0.1, 0.15) is 13.8 Å². The van der Waals surface area contributed by atoms with Gasteiger partial charge >= 0.3 is 0 Å². The van der Waals surface area contributed by atoms with Gasteiger partial charge in [-0.15, -0.1) is 0 Å². The van der Waals surface area contributed by atoms with Crippen molar-refractivity contribution in [3.63, 3.8) is 0 Å². The first-order valence-electron chi connectivity index (χ1n) is 7.81. The van der Waals surface area contributed by atoms with Gasteiger partial charge in [-0.3, -0.25) is 4.79 Å². The summed E-state index contributed by atoms with van der Waals surface area (Å²) in [6.07, 6.45) is 0. The van der Waals surface area contributed by atoms with E-state index in [2.05, 4.69) is 25.9 Å². The predicted molar refractivity (Wildman–Crippen MR) is 97.7 cm³/mol. The molecule has 3 aromatic rings. The number of nitrogens with one attached hydrogen (secondary N) is 3. The number of hydrogen-bond donors (Lipinski definition) is 3. The molecule has 0 aliphatic rings. The SMILES string of the molecule is CCNc1nc(Nc2cccc(NC(C)=O)c2)nc2ccccc12. The number of fused-ring (bicyclic) bond motifs is 1. The Morgan fingerprint density at radius 1 is 1.04 bits per heavy atom.